The minimum absolute atomic E-state index is 0.164. The van der Waals surface area contributed by atoms with Crippen LogP contribution in [-0.2, 0) is 0 Å². The Morgan fingerprint density at radius 1 is 1.00 bits per heavy atom. The van der Waals surface area contributed by atoms with Crippen molar-refractivity contribution in [2.75, 3.05) is 0 Å². The van der Waals surface area contributed by atoms with Crippen LogP contribution in [0.15, 0.2) is 12.2 Å². The van der Waals surface area contributed by atoms with Crippen LogP contribution in [0.2, 0.25) is 0 Å². The normalized spacial score (nSPS) is 53.2. The van der Waals surface area contributed by atoms with Crippen molar-refractivity contribution in [1.82, 2.24) is 0 Å². The molecule has 3 aliphatic carbocycles. The molecule has 0 saturated heterocycles. The lowest BCUT2D eigenvalue weighted by molar-refractivity contribution is -0.150. The van der Waals surface area contributed by atoms with Gasteiger partial charge in [-0.3, -0.25) is 0 Å². The van der Waals surface area contributed by atoms with Gasteiger partial charge in [0.25, 0.3) is 0 Å². The second-order valence-electron chi connectivity index (χ2n) is 9.54. The average molecular weight is 448 g/mol. The van der Waals surface area contributed by atoms with E-state index in [0.717, 1.165) is 25.7 Å². The summed E-state index contributed by atoms with van der Waals surface area (Å²) in [5.74, 6) is 0.343. The minimum Gasteiger partial charge on any atom is -0.390 e. The van der Waals surface area contributed by atoms with E-state index in [-0.39, 0.29) is 16.2 Å². The second kappa shape index (κ2) is 5.58. The zero-order valence-electron chi connectivity index (χ0n) is 15.1. The second-order valence-corrected chi connectivity index (χ2v) is 11.8. The van der Waals surface area contributed by atoms with Gasteiger partial charge in [-0.2, -0.15) is 0 Å². The SMILES string of the molecule is C=C1CC[C@@H](Br)C(C)(C)C12CC[C@@]1(C)C(C2)[C@](C)(O)CC[C@@H]1Br. The van der Waals surface area contributed by atoms with Crippen molar-refractivity contribution in [1.29, 1.82) is 0 Å². The molecule has 1 spiro atoms. The Hall–Kier alpha value is 0.660. The molecule has 3 fully saturated rings. The molecule has 6 atom stereocenters. The van der Waals surface area contributed by atoms with Crippen LogP contribution >= 0.6 is 31.9 Å². The average Bonchev–Trinajstić information content (AvgIpc) is 2.47. The number of hydrogen-bond acceptors (Lipinski definition) is 1. The first-order valence-electron chi connectivity index (χ1n) is 9.16. The van der Waals surface area contributed by atoms with Crippen molar-refractivity contribution >= 4 is 31.9 Å². The summed E-state index contributed by atoms with van der Waals surface area (Å²) >= 11 is 7.94. The number of allylic oxidation sites excluding steroid dienone is 1. The van der Waals surface area contributed by atoms with Crippen LogP contribution in [0.3, 0.4) is 0 Å². The van der Waals surface area contributed by atoms with Crippen molar-refractivity contribution in [2.24, 2.45) is 22.2 Å². The molecule has 1 nitrogen and oxygen atoms in total. The van der Waals surface area contributed by atoms with Crippen LogP contribution in [-0.4, -0.2) is 20.4 Å². The molecule has 0 heterocycles. The highest BCUT2D eigenvalue weighted by atomic mass is 79.9. The largest absolute Gasteiger partial charge is 0.390 e. The van der Waals surface area contributed by atoms with E-state index in [0.29, 0.717) is 15.6 Å². The van der Waals surface area contributed by atoms with E-state index < -0.39 is 5.60 Å². The Morgan fingerprint density at radius 3 is 2.30 bits per heavy atom. The molecule has 0 bridgehead atoms. The van der Waals surface area contributed by atoms with Crippen LogP contribution in [0.1, 0.15) is 72.6 Å². The van der Waals surface area contributed by atoms with Crippen LogP contribution in [0.25, 0.3) is 0 Å². The summed E-state index contributed by atoms with van der Waals surface area (Å²) < 4.78 is 0. The molecule has 2 unspecified atom stereocenters. The van der Waals surface area contributed by atoms with Crippen LogP contribution in [0, 0.1) is 22.2 Å². The van der Waals surface area contributed by atoms with Crippen LogP contribution in [0.5, 0.6) is 0 Å². The fourth-order valence-corrected chi connectivity index (χ4v) is 7.58. The van der Waals surface area contributed by atoms with Gasteiger partial charge in [0.1, 0.15) is 0 Å². The first-order chi connectivity index (χ1) is 10.5. The molecule has 0 aromatic rings. The predicted octanol–water partition coefficient (Wildman–Crippen LogP) is 6.23. The van der Waals surface area contributed by atoms with Gasteiger partial charge in [0.15, 0.2) is 0 Å². The van der Waals surface area contributed by atoms with Gasteiger partial charge in [0, 0.05) is 9.65 Å². The molecule has 3 heteroatoms. The maximum absolute atomic E-state index is 11.2. The maximum Gasteiger partial charge on any atom is 0.0654 e. The molecule has 3 aliphatic rings. The van der Waals surface area contributed by atoms with Crippen molar-refractivity contribution in [3.63, 3.8) is 0 Å². The Balaban J connectivity index is 2.04. The smallest absolute Gasteiger partial charge is 0.0654 e. The molecule has 0 aromatic heterocycles. The molecule has 0 amide bonds. The van der Waals surface area contributed by atoms with E-state index in [1.165, 1.54) is 24.8 Å². The molecule has 3 saturated carbocycles. The van der Waals surface area contributed by atoms with E-state index in [4.69, 9.17) is 0 Å². The van der Waals surface area contributed by atoms with Gasteiger partial charge in [-0.05, 0) is 74.0 Å². The summed E-state index contributed by atoms with van der Waals surface area (Å²) in [4.78, 5) is 1.07. The van der Waals surface area contributed by atoms with Crippen molar-refractivity contribution < 1.29 is 5.11 Å². The lowest BCUT2D eigenvalue weighted by Crippen LogP contribution is -2.61. The van der Waals surface area contributed by atoms with Gasteiger partial charge in [-0.15, -0.1) is 0 Å². The predicted molar refractivity (Wildman–Crippen MR) is 105 cm³/mol. The van der Waals surface area contributed by atoms with Gasteiger partial charge < -0.3 is 5.11 Å². The third-order valence-electron chi connectivity index (χ3n) is 8.20. The van der Waals surface area contributed by atoms with Gasteiger partial charge in [-0.25, -0.2) is 0 Å². The number of rotatable bonds is 0. The van der Waals surface area contributed by atoms with Gasteiger partial charge in [0.05, 0.1) is 5.60 Å². The molecule has 0 radical (unpaired) electrons. The number of aliphatic hydroxyl groups is 1. The highest BCUT2D eigenvalue weighted by molar-refractivity contribution is 9.09. The Kier molecular flexibility index (Phi) is 4.47. The fourth-order valence-electron chi connectivity index (χ4n) is 6.13. The van der Waals surface area contributed by atoms with Gasteiger partial charge >= 0.3 is 0 Å². The molecular weight excluding hydrogens is 416 g/mol. The van der Waals surface area contributed by atoms with E-state index in [9.17, 15) is 5.11 Å². The third kappa shape index (κ3) is 2.46. The lowest BCUT2D eigenvalue weighted by Gasteiger charge is -2.65. The summed E-state index contributed by atoms with van der Waals surface area (Å²) in [6.45, 7) is 13.9. The monoisotopic (exact) mass is 446 g/mol. The minimum atomic E-state index is -0.554. The van der Waals surface area contributed by atoms with Crippen LogP contribution < -0.4 is 0 Å². The van der Waals surface area contributed by atoms with Crippen molar-refractivity contribution in [2.45, 2.75) is 87.9 Å². The van der Waals surface area contributed by atoms with Crippen LogP contribution in [0.4, 0.5) is 0 Å². The highest BCUT2D eigenvalue weighted by Crippen LogP contribution is 2.68. The van der Waals surface area contributed by atoms with Gasteiger partial charge in [0.2, 0.25) is 0 Å². The number of fused-ring (bicyclic) bond motifs is 1. The lowest BCUT2D eigenvalue weighted by atomic mass is 9.42. The first-order valence-corrected chi connectivity index (χ1v) is 11.0. The molecule has 132 valence electrons. The molecule has 1 N–H and O–H groups in total. The van der Waals surface area contributed by atoms with E-state index in [1.807, 2.05) is 0 Å². The first kappa shape index (κ1) is 18.5. The third-order valence-corrected chi connectivity index (χ3v) is 11.3. The summed E-state index contributed by atoms with van der Waals surface area (Å²) in [5, 5.41) is 11.2. The van der Waals surface area contributed by atoms with Gasteiger partial charge in [-0.1, -0.05) is 64.8 Å². The Bertz CT molecular complexity index is 512. The standard InChI is InChI=1S/C20H32Br2O/c1-13-6-7-15(21)17(2,3)20(13)11-10-18(4)14(12-20)19(5,23)9-8-16(18)22/h14-16,23H,1,6-12H2,2-5H3/t14?,15-,16+,18+,19-,20?/m1/s1. The number of halogens is 2. The van der Waals surface area contributed by atoms with Crippen molar-refractivity contribution in [3.8, 4) is 0 Å². The Labute approximate surface area is 158 Å². The Morgan fingerprint density at radius 2 is 1.65 bits per heavy atom. The molecule has 23 heavy (non-hydrogen) atoms. The van der Waals surface area contributed by atoms with E-state index in [2.05, 4.69) is 66.1 Å². The fraction of sp³-hybridized carbons (Fsp3) is 0.900. The van der Waals surface area contributed by atoms with E-state index >= 15 is 0 Å². The number of alkyl halides is 2. The summed E-state index contributed by atoms with van der Waals surface area (Å²) in [6.07, 6.45) is 7.79. The summed E-state index contributed by atoms with van der Waals surface area (Å²) in [7, 11) is 0. The quantitative estimate of drug-likeness (QED) is 0.344. The summed E-state index contributed by atoms with van der Waals surface area (Å²) in [5.41, 5.74) is 1.44. The maximum atomic E-state index is 11.2. The molecule has 3 rings (SSSR count). The zero-order valence-corrected chi connectivity index (χ0v) is 18.3. The van der Waals surface area contributed by atoms with E-state index in [1.54, 1.807) is 0 Å². The topological polar surface area (TPSA) is 20.2 Å². The number of hydrogen-bond donors (Lipinski definition) is 1. The highest BCUT2D eigenvalue weighted by Gasteiger charge is 2.63. The zero-order chi connectivity index (χ0) is 17.3. The molecule has 0 aromatic carbocycles. The molecular formula is C20H32Br2O. The molecule has 0 aliphatic heterocycles. The summed E-state index contributed by atoms with van der Waals surface area (Å²) in [6, 6.07) is 0. The van der Waals surface area contributed by atoms with Crippen molar-refractivity contribution in [3.05, 3.63) is 12.2 Å².